The SMILES string of the molecule is Cn1cc(C(C)(C)F)c2ccc(C(=O)O)cc21. The molecule has 0 saturated heterocycles. The van der Waals surface area contributed by atoms with Gasteiger partial charge in [0.05, 0.1) is 5.56 Å². The molecular weight excluding hydrogens is 221 g/mol. The standard InChI is InChI=1S/C13H14FNO2/c1-13(2,14)10-7-15(3)11-6-8(12(16)17)4-5-9(10)11/h4-7H,1-3H3,(H,16,17). The van der Waals surface area contributed by atoms with E-state index in [9.17, 15) is 9.18 Å². The average molecular weight is 235 g/mol. The van der Waals surface area contributed by atoms with Crippen molar-refractivity contribution in [2.75, 3.05) is 0 Å². The Kier molecular flexibility index (Phi) is 2.45. The second-order valence-corrected chi connectivity index (χ2v) is 4.66. The number of benzene rings is 1. The number of hydrogen-bond donors (Lipinski definition) is 1. The number of alkyl halides is 1. The third kappa shape index (κ3) is 1.90. The summed E-state index contributed by atoms with van der Waals surface area (Å²) in [4.78, 5) is 10.9. The van der Waals surface area contributed by atoms with E-state index in [2.05, 4.69) is 0 Å². The van der Waals surface area contributed by atoms with Gasteiger partial charge in [0, 0.05) is 29.7 Å². The number of halogens is 1. The summed E-state index contributed by atoms with van der Waals surface area (Å²) in [7, 11) is 1.78. The van der Waals surface area contributed by atoms with Crippen molar-refractivity contribution < 1.29 is 14.3 Å². The smallest absolute Gasteiger partial charge is 0.335 e. The largest absolute Gasteiger partial charge is 0.478 e. The summed E-state index contributed by atoms with van der Waals surface area (Å²) in [6, 6.07) is 4.72. The molecule has 0 aliphatic rings. The number of hydrogen-bond acceptors (Lipinski definition) is 1. The summed E-state index contributed by atoms with van der Waals surface area (Å²) in [5.74, 6) is -0.978. The van der Waals surface area contributed by atoms with E-state index in [0.29, 0.717) is 5.56 Å². The zero-order valence-electron chi connectivity index (χ0n) is 9.99. The van der Waals surface area contributed by atoms with Gasteiger partial charge in [0.15, 0.2) is 0 Å². The summed E-state index contributed by atoms with van der Waals surface area (Å²) in [5, 5.41) is 9.67. The maximum absolute atomic E-state index is 14.0. The molecule has 3 nitrogen and oxygen atoms in total. The highest BCUT2D eigenvalue weighted by molar-refractivity contribution is 5.94. The van der Waals surface area contributed by atoms with Gasteiger partial charge < -0.3 is 9.67 Å². The Morgan fingerprint density at radius 2 is 2.06 bits per heavy atom. The van der Waals surface area contributed by atoms with Crippen LogP contribution in [-0.2, 0) is 12.7 Å². The van der Waals surface area contributed by atoms with Gasteiger partial charge in [-0.05, 0) is 26.0 Å². The molecule has 17 heavy (non-hydrogen) atoms. The molecule has 0 amide bonds. The van der Waals surface area contributed by atoms with E-state index >= 15 is 0 Å². The summed E-state index contributed by atoms with van der Waals surface area (Å²) in [6.07, 6.45) is 1.70. The van der Waals surface area contributed by atoms with E-state index in [1.807, 2.05) is 0 Å². The third-order valence-electron chi connectivity index (χ3n) is 2.88. The molecule has 2 rings (SSSR count). The normalized spacial score (nSPS) is 12.0. The molecule has 0 aliphatic heterocycles. The third-order valence-corrected chi connectivity index (χ3v) is 2.88. The number of carbonyl (C=O) groups is 1. The molecule has 0 fully saturated rings. The number of fused-ring (bicyclic) bond motifs is 1. The molecule has 1 aromatic heterocycles. The maximum atomic E-state index is 14.0. The summed E-state index contributed by atoms with van der Waals surface area (Å²) in [5.41, 5.74) is 0.0732. The first-order valence-corrected chi connectivity index (χ1v) is 5.32. The first-order chi connectivity index (χ1) is 7.80. The van der Waals surface area contributed by atoms with Crippen molar-refractivity contribution in [3.63, 3.8) is 0 Å². The first-order valence-electron chi connectivity index (χ1n) is 5.32. The van der Waals surface area contributed by atoms with E-state index in [0.717, 1.165) is 10.9 Å². The van der Waals surface area contributed by atoms with Crippen LogP contribution in [0.15, 0.2) is 24.4 Å². The second kappa shape index (κ2) is 3.58. The van der Waals surface area contributed by atoms with E-state index in [1.54, 1.807) is 29.9 Å². The van der Waals surface area contributed by atoms with Crippen LogP contribution in [0.1, 0.15) is 29.8 Å². The first kappa shape index (κ1) is 11.6. The van der Waals surface area contributed by atoms with Crippen LogP contribution < -0.4 is 0 Å². The molecule has 0 bridgehead atoms. The Morgan fingerprint density at radius 1 is 1.41 bits per heavy atom. The number of rotatable bonds is 2. The van der Waals surface area contributed by atoms with Crippen LogP contribution in [0.5, 0.6) is 0 Å². The average Bonchev–Trinajstić information content (AvgIpc) is 2.55. The fraction of sp³-hybridized carbons (Fsp3) is 0.308. The lowest BCUT2D eigenvalue weighted by molar-refractivity contribution is 0.0697. The number of nitrogens with zero attached hydrogens (tertiary/aromatic N) is 1. The van der Waals surface area contributed by atoms with Gasteiger partial charge >= 0.3 is 5.97 Å². The lowest BCUT2D eigenvalue weighted by atomic mass is 9.99. The van der Waals surface area contributed by atoms with Crippen molar-refractivity contribution in [1.29, 1.82) is 0 Å². The fourth-order valence-corrected chi connectivity index (χ4v) is 1.99. The highest BCUT2D eigenvalue weighted by Crippen LogP contribution is 2.33. The van der Waals surface area contributed by atoms with Crippen molar-refractivity contribution in [1.82, 2.24) is 4.57 Å². The highest BCUT2D eigenvalue weighted by Gasteiger charge is 2.24. The van der Waals surface area contributed by atoms with Gasteiger partial charge in [-0.25, -0.2) is 9.18 Å². The molecule has 0 spiro atoms. The number of carboxylic acids is 1. The van der Waals surface area contributed by atoms with E-state index in [1.165, 1.54) is 19.9 Å². The molecule has 4 heteroatoms. The van der Waals surface area contributed by atoms with Gasteiger partial charge in [-0.3, -0.25) is 0 Å². The van der Waals surface area contributed by atoms with Crippen molar-refractivity contribution in [3.8, 4) is 0 Å². The molecule has 0 saturated carbocycles. The van der Waals surface area contributed by atoms with Crippen LogP contribution in [0.2, 0.25) is 0 Å². The minimum Gasteiger partial charge on any atom is -0.478 e. The molecule has 1 aromatic carbocycles. The topological polar surface area (TPSA) is 42.2 Å². The number of aromatic carboxylic acids is 1. The van der Waals surface area contributed by atoms with Crippen LogP contribution >= 0.6 is 0 Å². The van der Waals surface area contributed by atoms with Gasteiger partial charge in [-0.2, -0.15) is 0 Å². The molecular formula is C13H14FNO2. The molecule has 1 N–H and O–H groups in total. The fourth-order valence-electron chi connectivity index (χ4n) is 1.99. The lowest BCUT2D eigenvalue weighted by Crippen LogP contribution is -2.08. The number of aryl methyl sites for hydroxylation is 1. The molecule has 0 radical (unpaired) electrons. The monoisotopic (exact) mass is 235 g/mol. The van der Waals surface area contributed by atoms with Gasteiger partial charge in [0.2, 0.25) is 0 Å². The molecule has 2 aromatic rings. The summed E-state index contributed by atoms with van der Waals surface area (Å²) >= 11 is 0. The quantitative estimate of drug-likeness (QED) is 0.869. The van der Waals surface area contributed by atoms with Crippen LogP contribution in [-0.4, -0.2) is 15.6 Å². The predicted octanol–water partition coefficient (Wildman–Crippen LogP) is 3.08. The second-order valence-electron chi connectivity index (χ2n) is 4.66. The van der Waals surface area contributed by atoms with Gasteiger partial charge in [-0.1, -0.05) is 6.07 Å². The lowest BCUT2D eigenvalue weighted by Gasteiger charge is -2.12. The zero-order valence-corrected chi connectivity index (χ0v) is 9.99. The highest BCUT2D eigenvalue weighted by atomic mass is 19.1. The molecule has 0 atom stereocenters. The van der Waals surface area contributed by atoms with Gasteiger partial charge in [0.1, 0.15) is 5.67 Å². The Hall–Kier alpha value is -1.84. The van der Waals surface area contributed by atoms with Crippen LogP contribution in [0.25, 0.3) is 10.9 Å². The zero-order chi connectivity index (χ0) is 12.8. The summed E-state index contributed by atoms with van der Waals surface area (Å²) in [6.45, 7) is 2.99. The Morgan fingerprint density at radius 3 is 2.59 bits per heavy atom. The molecule has 1 heterocycles. The van der Waals surface area contributed by atoms with Crippen molar-refractivity contribution >= 4 is 16.9 Å². The van der Waals surface area contributed by atoms with Gasteiger partial charge in [-0.15, -0.1) is 0 Å². The van der Waals surface area contributed by atoms with Crippen LogP contribution in [0.3, 0.4) is 0 Å². The Bertz CT molecular complexity index is 593. The molecule has 90 valence electrons. The van der Waals surface area contributed by atoms with E-state index in [4.69, 9.17) is 5.11 Å². The van der Waals surface area contributed by atoms with E-state index in [-0.39, 0.29) is 5.56 Å². The molecule has 0 unspecified atom stereocenters. The van der Waals surface area contributed by atoms with Crippen LogP contribution in [0, 0.1) is 0 Å². The minimum absolute atomic E-state index is 0.210. The minimum atomic E-state index is -1.44. The van der Waals surface area contributed by atoms with Crippen molar-refractivity contribution in [3.05, 3.63) is 35.5 Å². The van der Waals surface area contributed by atoms with Gasteiger partial charge in [0.25, 0.3) is 0 Å². The summed E-state index contributed by atoms with van der Waals surface area (Å²) < 4.78 is 15.7. The number of aromatic nitrogens is 1. The number of carboxylic acid groups (broad SMARTS) is 1. The van der Waals surface area contributed by atoms with Crippen molar-refractivity contribution in [2.24, 2.45) is 7.05 Å². The van der Waals surface area contributed by atoms with Crippen molar-refractivity contribution in [2.45, 2.75) is 19.5 Å². The van der Waals surface area contributed by atoms with Crippen LogP contribution in [0.4, 0.5) is 4.39 Å². The maximum Gasteiger partial charge on any atom is 0.335 e. The van der Waals surface area contributed by atoms with E-state index < -0.39 is 11.6 Å². The molecule has 0 aliphatic carbocycles. The predicted molar refractivity (Wildman–Crippen MR) is 64.0 cm³/mol. The Balaban J connectivity index is 2.74. The Labute approximate surface area is 98.5 Å².